The number of rotatable bonds is 4. The molecule has 3 heterocycles. The van der Waals surface area contributed by atoms with Gasteiger partial charge in [-0.1, -0.05) is 12.1 Å². The average molecular weight is 360 g/mol. The largest absolute Gasteiger partial charge is 0.451 e. The van der Waals surface area contributed by atoms with Gasteiger partial charge in [0, 0.05) is 31.1 Å². The zero-order valence-corrected chi connectivity index (χ0v) is 14.5. The van der Waals surface area contributed by atoms with Gasteiger partial charge >= 0.3 is 0 Å². The van der Waals surface area contributed by atoms with E-state index < -0.39 is 5.91 Å². The fraction of sp³-hybridized carbons (Fsp3) is 0.100. The van der Waals surface area contributed by atoms with Gasteiger partial charge in [-0.2, -0.15) is 5.10 Å². The number of aryl methyl sites for hydroxylation is 1. The summed E-state index contributed by atoms with van der Waals surface area (Å²) in [5.41, 5.74) is 2.73. The maximum atomic E-state index is 12.4. The van der Waals surface area contributed by atoms with Gasteiger partial charge in [0.05, 0.1) is 23.3 Å². The molecule has 0 saturated carbocycles. The number of nitrogens with one attached hydrogen (secondary N) is 1. The first-order valence-electron chi connectivity index (χ1n) is 8.36. The number of aromatic nitrogens is 3. The summed E-state index contributed by atoms with van der Waals surface area (Å²) in [5.74, 6) is -0.488. The van der Waals surface area contributed by atoms with Crippen molar-refractivity contribution in [2.75, 3.05) is 0 Å². The number of amides is 1. The number of pyridine rings is 1. The van der Waals surface area contributed by atoms with E-state index in [-0.39, 0.29) is 17.7 Å². The molecule has 7 heteroatoms. The molecule has 4 rings (SSSR count). The Morgan fingerprint density at radius 1 is 1.15 bits per heavy atom. The zero-order chi connectivity index (χ0) is 18.8. The van der Waals surface area contributed by atoms with Crippen molar-refractivity contribution < 1.29 is 9.21 Å². The number of nitrogens with zero attached hydrogens (tertiary/aromatic N) is 3. The van der Waals surface area contributed by atoms with E-state index in [1.807, 2.05) is 25.2 Å². The van der Waals surface area contributed by atoms with E-state index in [0.717, 1.165) is 11.3 Å². The minimum Gasteiger partial charge on any atom is -0.451 e. The van der Waals surface area contributed by atoms with Crippen molar-refractivity contribution in [1.82, 2.24) is 20.1 Å². The van der Waals surface area contributed by atoms with E-state index in [2.05, 4.69) is 15.4 Å². The van der Waals surface area contributed by atoms with Gasteiger partial charge in [-0.15, -0.1) is 0 Å². The van der Waals surface area contributed by atoms with Gasteiger partial charge in [-0.05, 0) is 30.3 Å². The highest BCUT2D eigenvalue weighted by Gasteiger charge is 2.13. The number of hydrogen-bond acceptors (Lipinski definition) is 5. The normalized spacial score (nSPS) is 10.9. The van der Waals surface area contributed by atoms with Crippen LogP contribution in [0.3, 0.4) is 0 Å². The Labute approximate surface area is 154 Å². The molecule has 7 nitrogen and oxygen atoms in total. The van der Waals surface area contributed by atoms with E-state index in [1.165, 1.54) is 6.07 Å². The van der Waals surface area contributed by atoms with Crippen LogP contribution in [0.5, 0.6) is 0 Å². The lowest BCUT2D eigenvalue weighted by Gasteiger charge is -2.03. The first kappa shape index (κ1) is 16.7. The second-order valence-electron chi connectivity index (χ2n) is 6.03. The second kappa shape index (κ2) is 6.87. The van der Waals surface area contributed by atoms with Crippen molar-refractivity contribution in [3.63, 3.8) is 0 Å². The third-order valence-electron chi connectivity index (χ3n) is 4.19. The van der Waals surface area contributed by atoms with Gasteiger partial charge in [-0.25, -0.2) is 0 Å². The summed E-state index contributed by atoms with van der Waals surface area (Å²) < 4.78 is 7.29. The van der Waals surface area contributed by atoms with E-state index in [4.69, 9.17) is 4.42 Å². The summed E-state index contributed by atoms with van der Waals surface area (Å²) in [6, 6.07) is 13.7. The summed E-state index contributed by atoms with van der Waals surface area (Å²) in [7, 11) is 1.84. The molecule has 4 aromatic rings. The lowest BCUT2D eigenvalue weighted by atomic mass is 10.2. The Morgan fingerprint density at radius 3 is 2.74 bits per heavy atom. The third-order valence-corrected chi connectivity index (χ3v) is 4.19. The first-order chi connectivity index (χ1) is 13.1. The minimum atomic E-state index is -0.464. The van der Waals surface area contributed by atoms with Crippen molar-refractivity contribution in [3.8, 4) is 11.3 Å². The lowest BCUT2D eigenvalue weighted by molar-refractivity contribution is 0.0923. The van der Waals surface area contributed by atoms with E-state index >= 15 is 0 Å². The molecule has 1 aromatic carbocycles. The highest BCUT2D eigenvalue weighted by molar-refractivity contribution is 5.93. The standard InChI is InChI=1S/C20H16N4O3/c1-24-16(13-6-8-21-9-7-13)10-14(23-24)12-22-20(26)19-11-17(25)15-4-2-3-5-18(15)27-19/h2-11H,12H2,1H3,(H,22,26). The van der Waals surface area contributed by atoms with Crippen LogP contribution in [0.2, 0.25) is 0 Å². The summed E-state index contributed by atoms with van der Waals surface area (Å²) in [6.07, 6.45) is 3.43. The first-order valence-corrected chi connectivity index (χ1v) is 8.36. The predicted molar refractivity (Wildman–Crippen MR) is 100 cm³/mol. The van der Waals surface area contributed by atoms with Crippen LogP contribution in [0, 0.1) is 0 Å². The Bertz CT molecular complexity index is 1180. The molecule has 0 spiro atoms. The quantitative estimate of drug-likeness (QED) is 0.604. The Hall–Kier alpha value is -3.74. The fourth-order valence-corrected chi connectivity index (χ4v) is 2.88. The highest BCUT2D eigenvalue weighted by Crippen LogP contribution is 2.19. The molecule has 0 aliphatic rings. The van der Waals surface area contributed by atoms with Gasteiger partial charge in [-0.3, -0.25) is 19.3 Å². The van der Waals surface area contributed by atoms with Crippen LogP contribution < -0.4 is 10.7 Å². The van der Waals surface area contributed by atoms with E-state index in [0.29, 0.717) is 16.7 Å². The Kier molecular flexibility index (Phi) is 4.25. The summed E-state index contributed by atoms with van der Waals surface area (Å²) >= 11 is 0. The molecule has 0 saturated heterocycles. The van der Waals surface area contributed by atoms with Crippen molar-refractivity contribution in [1.29, 1.82) is 0 Å². The molecule has 0 unspecified atom stereocenters. The maximum Gasteiger partial charge on any atom is 0.287 e. The van der Waals surface area contributed by atoms with Crippen LogP contribution in [0.25, 0.3) is 22.2 Å². The van der Waals surface area contributed by atoms with Gasteiger partial charge in [0.25, 0.3) is 5.91 Å². The average Bonchev–Trinajstić information content (AvgIpc) is 3.07. The molecule has 0 atom stereocenters. The van der Waals surface area contributed by atoms with Gasteiger partial charge in [0.1, 0.15) is 5.58 Å². The smallest absolute Gasteiger partial charge is 0.287 e. The van der Waals surface area contributed by atoms with Crippen molar-refractivity contribution in [2.45, 2.75) is 6.54 Å². The molecule has 0 fully saturated rings. The van der Waals surface area contributed by atoms with Crippen LogP contribution in [-0.2, 0) is 13.6 Å². The van der Waals surface area contributed by atoms with Gasteiger partial charge in [0.15, 0.2) is 11.2 Å². The fourth-order valence-electron chi connectivity index (χ4n) is 2.88. The molecule has 1 amide bonds. The maximum absolute atomic E-state index is 12.4. The van der Waals surface area contributed by atoms with Crippen molar-refractivity contribution >= 4 is 16.9 Å². The van der Waals surface area contributed by atoms with Crippen LogP contribution in [0.15, 0.2) is 70.1 Å². The summed E-state index contributed by atoms with van der Waals surface area (Å²) in [5, 5.41) is 7.59. The van der Waals surface area contributed by atoms with Gasteiger partial charge < -0.3 is 9.73 Å². The monoisotopic (exact) mass is 360 g/mol. The van der Waals surface area contributed by atoms with E-state index in [9.17, 15) is 9.59 Å². The van der Waals surface area contributed by atoms with Gasteiger partial charge in [0.2, 0.25) is 0 Å². The number of fused-ring (bicyclic) bond motifs is 1. The molecule has 134 valence electrons. The second-order valence-corrected chi connectivity index (χ2v) is 6.03. The Balaban J connectivity index is 1.53. The molecule has 0 aliphatic heterocycles. The molecule has 0 bridgehead atoms. The molecule has 27 heavy (non-hydrogen) atoms. The third kappa shape index (κ3) is 3.35. The number of carbonyl (C=O) groups is 1. The number of benzene rings is 1. The summed E-state index contributed by atoms with van der Waals surface area (Å²) in [6.45, 7) is 0.217. The lowest BCUT2D eigenvalue weighted by Crippen LogP contribution is -2.24. The number of carbonyl (C=O) groups excluding carboxylic acids is 1. The molecule has 0 radical (unpaired) electrons. The molecule has 0 aliphatic carbocycles. The minimum absolute atomic E-state index is 0.0241. The van der Waals surface area contributed by atoms with Crippen molar-refractivity contribution in [2.24, 2.45) is 7.05 Å². The van der Waals surface area contributed by atoms with Crippen LogP contribution >= 0.6 is 0 Å². The molecular weight excluding hydrogens is 344 g/mol. The molecule has 1 N–H and O–H groups in total. The predicted octanol–water partition coefficient (Wildman–Crippen LogP) is 2.52. The van der Waals surface area contributed by atoms with Crippen LogP contribution in [-0.4, -0.2) is 20.7 Å². The number of para-hydroxylation sites is 1. The zero-order valence-electron chi connectivity index (χ0n) is 14.5. The topological polar surface area (TPSA) is 90.0 Å². The van der Waals surface area contributed by atoms with Crippen LogP contribution in [0.4, 0.5) is 0 Å². The highest BCUT2D eigenvalue weighted by atomic mass is 16.3. The Morgan fingerprint density at radius 2 is 1.93 bits per heavy atom. The molecule has 3 aromatic heterocycles. The molecular formula is C20H16N4O3. The van der Waals surface area contributed by atoms with Crippen LogP contribution in [0.1, 0.15) is 16.2 Å². The SMILES string of the molecule is Cn1nc(CNC(=O)c2cc(=O)c3ccccc3o2)cc1-c1ccncc1. The van der Waals surface area contributed by atoms with Crippen molar-refractivity contribution in [3.05, 3.63) is 82.6 Å². The number of hydrogen-bond donors (Lipinski definition) is 1. The summed E-state index contributed by atoms with van der Waals surface area (Å²) in [4.78, 5) is 28.5. The van der Waals surface area contributed by atoms with E-state index in [1.54, 1.807) is 41.3 Å².